The maximum atomic E-state index is 13.0. The van der Waals surface area contributed by atoms with Crippen molar-refractivity contribution >= 4 is 17.2 Å². The van der Waals surface area contributed by atoms with Gasteiger partial charge in [0.15, 0.2) is 5.69 Å². The van der Waals surface area contributed by atoms with Gasteiger partial charge in [0, 0.05) is 17.8 Å². The largest absolute Gasteiger partial charge is 0.433 e. The molecule has 3 rings (SSSR count). The average molecular weight is 356 g/mol. The molecule has 3 aromatic heterocycles. The van der Waals surface area contributed by atoms with Crippen LogP contribution in [-0.4, -0.2) is 30.6 Å². The highest BCUT2D eigenvalue weighted by Crippen LogP contribution is 2.32. The van der Waals surface area contributed by atoms with E-state index in [1.54, 1.807) is 12.4 Å². The number of aromatic amines is 1. The molecule has 3 heterocycles. The van der Waals surface area contributed by atoms with Crippen molar-refractivity contribution in [3.8, 4) is 5.13 Å². The Bertz CT molecular complexity index is 852. The van der Waals surface area contributed by atoms with E-state index in [2.05, 4.69) is 25.4 Å². The van der Waals surface area contributed by atoms with Crippen molar-refractivity contribution in [3.63, 3.8) is 0 Å². The molecule has 0 saturated heterocycles. The number of aryl methyl sites for hydroxylation is 1. The fourth-order valence-electron chi connectivity index (χ4n) is 1.96. The van der Waals surface area contributed by atoms with Gasteiger partial charge in [0.25, 0.3) is 5.91 Å². The molecule has 0 atom stereocenters. The van der Waals surface area contributed by atoms with Crippen molar-refractivity contribution in [1.82, 2.24) is 30.0 Å². The van der Waals surface area contributed by atoms with Crippen LogP contribution < -0.4 is 5.32 Å². The lowest BCUT2D eigenvalue weighted by molar-refractivity contribution is -0.142. The zero-order valence-electron chi connectivity index (χ0n) is 12.3. The van der Waals surface area contributed by atoms with E-state index in [0.29, 0.717) is 10.5 Å². The number of rotatable bonds is 4. The lowest BCUT2D eigenvalue weighted by atomic mass is 10.3. The van der Waals surface area contributed by atoms with Crippen LogP contribution in [0.25, 0.3) is 5.13 Å². The Hall–Kier alpha value is -2.69. The number of aromatic nitrogens is 5. The van der Waals surface area contributed by atoms with E-state index in [1.165, 1.54) is 12.3 Å². The lowest BCUT2D eigenvalue weighted by Crippen LogP contribution is -2.23. The summed E-state index contributed by atoms with van der Waals surface area (Å²) in [5, 5.41) is 7.73. The molecule has 2 N–H and O–H groups in total. The molecule has 0 aliphatic carbocycles. The van der Waals surface area contributed by atoms with Gasteiger partial charge in [-0.1, -0.05) is 0 Å². The first-order chi connectivity index (χ1) is 11.3. The predicted octanol–water partition coefficient (Wildman–Crippen LogP) is 2.31. The topological polar surface area (TPSA) is 88.5 Å². The van der Waals surface area contributed by atoms with Gasteiger partial charge in [-0.3, -0.25) is 4.79 Å². The number of hydrogen-bond acceptors (Lipinski definition) is 5. The molecule has 126 valence electrons. The third-order valence-corrected chi connectivity index (χ3v) is 3.82. The molecule has 24 heavy (non-hydrogen) atoms. The van der Waals surface area contributed by atoms with E-state index in [4.69, 9.17) is 0 Å². The first kappa shape index (κ1) is 16.2. The van der Waals surface area contributed by atoms with E-state index in [9.17, 15) is 18.0 Å². The van der Waals surface area contributed by atoms with Gasteiger partial charge >= 0.3 is 6.18 Å². The summed E-state index contributed by atoms with van der Waals surface area (Å²) in [6.07, 6.45) is -1.41. The van der Waals surface area contributed by atoms with Gasteiger partial charge in [-0.15, -0.1) is 11.3 Å². The van der Waals surface area contributed by atoms with Crippen molar-refractivity contribution in [3.05, 3.63) is 46.7 Å². The fraction of sp³-hybridized carbons (Fsp3) is 0.231. The van der Waals surface area contributed by atoms with Crippen LogP contribution in [0.4, 0.5) is 13.2 Å². The quantitative estimate of drug-likeness (QED) is 0.751. The van der Waals surface area contributed by atoms with E-state index in [0.717, 1.165) is 17.4 Å². The van der Waals surface area contributed by atoms with Crippen LogP contribution >= 0.6 is 11.3 Å². The summed E-state index contributed by atoms with van der Waals surface area (Å²) in [5.74, 6) is 0.0483. The van der Waals surface area contributed by atoms with Gasteiger partial charge in [-0.2, -0.15) is 18.3 Å². The second-order valence-electron chi connectivity index (χ2n) is 4.81. The van der Waals surface area contributed by atoms with Crippen molar-refractivity contribution in [2.24, 2.45) is 0 Å². The van der Waals surface area contributed by atoms with E-state index >= 15 is 0 Å². The number of halogens is 3. The number of carbonyl (C=O) groups is 1. The molecular weight excluding hydrogens is 345 g/mol. The Morgan fingerprint density at radius 1 is 1.46 bits per heavy atom. The average Bonchev–Trinajstić information content (AvgIpc) is 3.23. The Morgan fingerprint density at radius 3 is 2.92 bits per heavy atom. The number of H-pyrrole nitrogens is 1. The number of alkyl halides is 3. The number of nitrogens with one attached hydrogen (secondary N) is 2. The highest BCUT2D eigenvalue weighted by Gasteiger charge is 2.36. The number of imidazole rings is 1. The number of nitrogens with zero attached hydrogens (tertiary/aromatic N) is 4. The molecule has 3 aromatic rings. The van der Waals surface area contributed by atoms with Gasteiger partial charge in [0.1, 0.15) is 11.5 Å². The minimum Gasteiger partial charge on any atom is -0.347 e. The Kier molecular flexibility index (Phi) is 4.09. The summed E-state index contributed by atoms with van der Waals surface area (Å²) in [6, 6.07) is 0.929. The predicted molar refractivity (Wildman–Crippen MR) is 78.7 cm³/mol. The molecule has 0 aliphatic heterocycles. The summed E-state index contributed by atoms with van der Waals surface area (Å²) in [4.78, 5) is 22.7. The standard InChI is InChI=1S/C13H11F3N6OS/c1-7-4-9(13(14,15)16)22(21-7)12-20-8(6-24-12)11(23)19-5-10-17-2-3-18-10/h2-4,6H,5H2,1H3,(H,17,18)(H,19,23). The van der Waals surface area contributed by atoms with Gasteiger partial charge in [0.2, 0.25) is 5.13 Å². The molecule has 0 aliphatic rings. The number of carbonyl (C=O) groups excluding carboxylic acids is 1. The fourth-order valence-corrected chi connectivity index (χ4v) is 2.73. The molecule has 0 bridgehead atoms. The van der Waals surface area contributed by atoms with E-state index in [1.807, 2.05) is 0 Å². The van der Waals surface area contributed by atoms with Gasteiger partial charge in [0.05, 0.1) is 12.2 Å². The minimum atomic E-state index is -4.56. The number of thiazole rings is 1. The van der Waals surface area contributed by atoms with Crippen molar-refractivity contribution in [2.75, 3.05) is 0 Å². The summed E-state index contributed by atoms with van der Waals surface area (Å²) in [6.45, 7) is 1.61. The van der Waals surface area contributed by atoms with Crippen molar-refractivity contribution < 1.29 is 18.0 Å². The SMILES string of the molecule is Cc1cc(C(F)(F)F)n(-c2nc(C(=O)NCc3ncc[nH]3)cs2)n1. The molecule has 0 aromatic carbocycles. The van der Waals surface area contributed by atoms with E-state index < -0.39 is 17.8 Å². The molecular formula is C13H11F3N6OS. The van der Waals surface area contributed by atoms with Crippen LogP contribution in [0.1, 0.15) is 27.7 Å². The van der Waals surface area contributed by atoms with Crippen LogP contribution in [0.3, 0.4) is 0 Å². The van der Waals surface area contributed by atoms with Gasteiger partial charge < -0.3 is 10.3 Å². The summed E-state index contributed by atoms with van der Waals surface area (Å²) >= 11 is 0.903. The molecule has 11 heteroatoms. The zero-order valence-corrected chi connectivity index (χ0v) is 13.1. The minimum absolute atomic E-state index is 0.0165. The molecule has 0 radical (unpaired) electrons. The number of amides is 1. The second-order valence-corrected chi connectivity index (χ2v) is 5.65. The normalized spacial score (nSPS) is 11.7. The third-order valence-electron chi connectivity index (χ3n) is 3.00. The van der Waals surface area contributed by atoms with Crippen molar-refractivity contribution in [1.29, 1.82) is 0 Å². The highest BCUT2D eigenvalue weighted by atomic mass is 32.1. The van der Waals surface area contributed by atoms with E-state index in [-0.39, 0.29) is 23.1 Å². The molecule has 0 saturated carbocycles. The van der Waals surface area contributed by atoms with Crippen LogP contribution in [0.15, 0.2) is 23.8 Å². The molecule has 1 amide bonds. The zero-order chi connectivity index (χ0) is 17.3. The highest BCUT2D eigenvalue weighted by molar-refractivity contribution is 7.12. The summed E-state index contributed by atoms with van der Waals surface area (Å²) in [7, 11) is 0. The lowest BCUT2D eigenvalue weighted by Gasteiger charge is -2.07. The summed E-state index contributed by atoms with van der Waals surface area (Å²) < 4.78 is 39.7. The van der Waals surface area contributed by atoms with Gasteiger partial charge in [-0.25, -0.2) is 14.6 Å². The second kappa shape index (κ2) is 6.07. The molecule has 0 unspecified atom stereocenters. The Morgan fingerprint density at radius 2 is 2.25 bits per heavy atom. The molecule has 0 spiro atoms. The first-order valence-electron chi connectivity index (χ1n) is 6.71. The third kappa shape index (κ3) is 3.30. The van der Waals surface area contributed by atoms with Crippen LogP contribution in [0.2, 0.25) is 0 Å². The summed E-state index contributed by atoms with van der Waals surface area (Å²) in [5.41, 5.74) is -0.707. The van der Waals surface area contributed by atoms with Crippen LogP contribution in [-0.2, 0) is 12.7 Å². The monoisotopic (exact) mass is 356 g/mol. The number of hydrogen-bond donors (Lipinski definition) is 2. The van der Waals surface area contributed by atoms with Crippen LogP contribution in [0, 0.1) is 6.92 Å². The maximum Gasteiger partial charge on any atom is 0.433 e. The Balaban J connectivity index is 1.79. The van der Waals surface area contributed by atoms with Crippen LogP contribution in [0.5, 0.6) is 0 Å². The maximum absolute atomic E-state index is 13.0. The molecule has 7 nitrogen and oxygen atoms in total. The Labute approximate surface area is 137 Å². The van der Waals surface area contributed by atoms with Crippen molar-refractivity contribution in [2.45, 2.75) is 19.6 Å². The first-order valence-corrected chi connectivity index (χ1v) is 7.59. The molecule has 0 fully saturated rings. The van der Waals surface area contributed by atoms with Gasteiger partial charge in [-0.05, 0) is 13.0 Å². The smallest absolute Gasteiger partial charge is 0.347 e.